The maximum Gasteiger partial charge on any atom is 0.193 e. The highest BCUT2D eigenvalue weighted by molar-refractivity contribution is 14.0. The van der Waals surface area contributed by atoms with Crippen LogP contribution in [0, 0.1) is 12.8 Å². The van der Waals surface area contributed by atoms with E-state index in [1.165, 1.54) is 24.8 Å². The topological polar surface area (TPSA) is 54.7 Å². The van der Waals surface area contributed by atoms with E-state index in [-0.39, 0.29) is 24.0 Å². The van der Waals surface area contributed by atoms with Gasteiger partial charge in [0.1, 0.15) is 0 Å². The molecule has 0 amide bonds. The van der Waals surface area contributed by atoms with Gasteiger partial charge in [-0.2, -0.15) is 5.10 Å². The summed E-state index contributed by atoms with van der Waals surface area (Å²) < 4.78 is 7.43. The summed E-state index contributed by atoms with van der Waals surface area (Å²) in [7, 11) is 2.14. The molecule has 2 rings (SSSR count). The molecule has 0 radical (unpaired) electrons. The maximum atomic E-state index is 5.44. The van der Waals surface area contributed by atoms with Crippen molar-refractivity contribution in [2.75, 3.05) is 39.9 Å². The van der Waals surface area contributed by atoms with E-state index in [2.05, 4.69) is 42.4 Å². The number of aryl methyl sites for hydroxylation is 2. The van der Waals surface area contributed by atoms with Crippen molar-refractivity contribution in [3.05, 3.63) is 18.0 Å². The third kappa shape index (κ3) is 8.40. The summed E-state index contributed by atoms with van der Waals surface area (Å²) in [6, 6.07) is 0. The van der Waals surface area contributed by atoms with Gasteiger partial charge in [0.05, 0.1) is 6.20 Å². The van der Waals surface area contributed by atoms with E-state index < -0.39 is 0 Å². The highest BCUT2D eigenvalue weighted by atomic mass is 127. The van der Waals surface area contributed by atoms with Crippen LogP contribution in [0.1, 0.15) is 38.2 Å². The Balaban J connectivity index is 0.00000312. The van der Waals surface area contributed by atoms with Crippen molar-refractivity contribution in [3.63, 3.8) is 0 Å². The molecule has 2 heterocycles. The minimum absolute atomic E-state index is 0. The quantitative estimate of drug-likeness (QED) is 0.279. The van der Waals surface area contributed by atoms with Crippen molar-refractivity contribution in [2.45, 2.75) is 46.1 Å². The second-order valence-electron chi connectivity index (χ2n) is 6.64. The fraction of sp³-hybridized carbons (Fsp3) is 0.778. The molecule has 1 aromatic rings. The fourth-order valence-corrected chi connectivity index (χ4v) is 2.99. The average Bonchev–Trinajstić information content (AvgIpc) is 3.01. The third-order valence-electron chi connectivity index (χ3n) is 4.48. The first kappa shape index (κ1) is 22.2. The molecule has 0 unspecified atom stereocenters. The van der Waals surface area contributed by atoms with Crippen LogP contribution >= 0.6 is 24.0 Å². The third-order valence-corrected chi connectivity index (χ3v) is 4.48. The van der Waals surface area contributed by atoms with E-state index in [1.54, 1.807) is 0 Å². The Hall–Kier alpha value is -0.830. The summed E-state index contributed by atoms with van der Waals surface area (Å²) >= 11 is 0. The van der Waals surface area contributed by atoms with Gasteiger partial charge < -0.3 is 15.0 Å². The summed E-state index contributed by atoms with van der Waals surface area (Å²) in [6.45, 7) is 9.73. The van der Waals surface area contributed by atoms with Crippen molar-refractivity contribution >= 4 is 29.9 Å². The van der Waals surface area contributed by atoms with E-state index in [4.69, 9.17) is 9.73 Å². The summed E-state index contributed by atoms with van der Waals surface area (Å²) in [5, 5.41) is 7.72. The Morgan fingerprint density at radius 2 is 2.20 bits per heavy atom. The molecule has 7 heteroatoms. The van der Waals surface area contributed by atoms with Gasteiger partial charge in [0.15, 0.2) is 5.96 Å². The molecule has 0 saturated carbocycles. The highest BCUT2D eigenvalue weighted by Gasteiger charge is 2.15. The van der Waals surface area contributed by atoms with E-state index >= 15 is 0 Å². The number of aromatic nitrogens is 2. The van der Waals surface area contributed by atoms with Crippen LogP contribution in [0.3, 0.4) is 0 Å². The second kappa shape index (κ2) is 12.5. The first-order valence-electron chi connectivity index (χ1n) is 9.25. The second-order valence-corrected chi connectivity index (χ2v) is 6.64. The van der Waals surface area contributed by atoms with Gasteiger partial charge >= 0.3 is 0 Å². The number of guanidine groups is 1. The number of halogens is 1. The van der Waals surface area contributed by atoms with Gasteiger partial charge in [-0.1, -0.05) is 0 Å². The standard InChI is InChI=1S/C18H33N5O.HI/c1-4-19-18(20-9-5-10-23-15-16(2)14-21-23)22(3)11-6-17-7-12-24-13-8-17;/h14-15,17H,4-13H2,1-3H3,(H,19,20);1H. The monoisotopic (exact) mass is 463 g/mol. The van der Waals surface area contributed by atoms with Crippen LogP contribution in [-0.4, -0.2) is 60.5 Å². The first-order chi connectivity index (χ1) is 11.7. The van der Waals surface area contributed by atoms with Crippen LogP contribution in [0.15, 0.2) is 17.4 Å². The van der Waals surface area contributed by atoms with Crippen LogP contribution in [0.5, 0.6) is 0 Å². The Bertz CT molecular complexity index is 499. The lowest BCUT2D eigenvalue weighted by Gasteiger charge is -2.26. The van der Waals surface area contributed by atoms with Crippen LogP contribution < -0.4 is 5.32 Å². The van der Waals surface area contributed by atoms with E-state index in [1.807, 2.05) is 10.9 Å². The number of aliphatic imine (C=N–C) groups is 1. The molecule has 0 spiro atoms. The molecule has 1 aromatic heterocycles. The molecule has 1 aliphatic heterocycles. The summed E-state index contributed by atoms with van der Waals surface area (Å²) in [5.74, 6) is 1.81. The van der Waals surface area contributed by atoms with Crippen LogP contribution in [0.4, 0.5) is 0 Å². The maximum absolute atomic E-state index is 5.44. The zero-order valence-electron chi connectivity index (χ0n) is 15.9. The smallest absolute Gasteiger partial charge is 0.193 e. The lowest BCUT2D eigenvalue weighted by atomic mass is 9.96. The van der Waals surface area contributed by atoms with Gasteiger partial charge in [-0.05, 0) is 51.0 Å². The first-order valence-corrected chi connectivity index (χ1v) is 9.25. The number of rotatable bonds is 8. The number of hydrogen-bond donors (Lipinski definition) is 1. The zero-order valence-corrected chi connectivity index (χ0v) is 18.2. The van der Waals surface area contributed by atoms with Crippen LogP contribution in [0.25, 0.3) is 0 Å². The molecular weight excluding hydrogens is 429 g/mol. The highest BCUT2D eigenvalue weighted by Crippen LogP contribution is 2.18. The van der Waals surface area contributed by atoms with Crippen molar-refractivity contribution in [1.29, 1.82) is 0 Å². The van der Waals surface area contributed by atoms with Gasteiger partial charge in [0.2, 0.25) is 0 Å². The van der Waals surface area contributed by atoms with Gasteiger partial charge in [0.25, 0.3) is 0 Å². The van der Waals surface area contributed by atoms with E-state index in [0.717, 1.165) is 57.7 Å². The van der Waals surface area contributed by atoms with Gasteiger partial charge in [-0.25, -0.2) is 0 Å². The van der Waals surface area contributed by atoms with E-state index in [0.29, 0.717) is 0 Å². The average molecular weight is 463 g/mol. The SMILES string of the molecule is CCNC(=NCCCn1cc(C)cn1)N(C)CCC1CCOCC1.I. The minimum Gasteiger partial charge on any atom is -0.381 e. The molecule has 1 fully saturated rings. The van der Waals surface area contributed by atoms with Crippen LogP contribution in [0.2, 0.25) is 0 Å². The fourth-order valence-electron chi connectivity index (χ4n) is 2.99. The molecule has 0 aliphatic carbocycles. The van der Waals surface area contributed by atoms with Crippen molar-refractivity contribution in [1.82, 2.24) is 20.0 Å². The molecule has 1 aliphatic rings. The minimum atomic E-state index is 0. The Morgan fingerprint density at radius 3 is 2.84 bits per heavy atom. The molecule has 6 nitrogen and oxygen atoms in total. The molecule has 0 aromatic carbocycles. The lowest BCUT2D eigenvalue weighted by molar-refractivity contribution is 0.0625. The lowest BCUT2D eigenvalue weighted by Crippen LogP contribution is -2.40. The van der Waals surface area contributed by atoms with Crippen molar-refractivity contribution < 1.29 is 4.74 Å². The Morgan fingerprint density at radius 1 is 1.44 bits per heavy atom. The summed E-state index contributed by atoms with van der Waals surface area (Å²) in [4.78, 5) is 7.03. The largest absolute Gasteiger partial charge is 0.381 e. The number of nitrogens with one attached hydrogen (secondary N) is 1. The van der Waals surface area contributed by atoms with Crippen molar-refractivity contribution in [2.24, 2.45) is 10.9 Å². The number of hydrogen-bond acceptors (Lipinski definition) is 3. The van der Waals surface area contributed by atoms with Gasteiger partial charge in [-0.3, -0.25) is 9.67 Å². The summed E-state index contributed by atoms with van der Waals surface area (Å²) in [6.07, 6.45) is 8.60. The molecule has 0 bridgehead atoms. The summed E-state index contributed by atoms with van der Waals surface area (Å²) in [5.41, 5.74) is 1.21. The van der Waals surface area contributed by atoms with Crippen LogP contribution in [-0.2, 0) is 11.3 Å². The number of ether oxygens (including phenoxy) is 1. The van der Waals surface area contributed by atoms with Crippen molar-refractivity contribution in [3.8, 4) is 0 Å². The molecule has 1 saturated heterocycles. The number of nitrogens with zero attached hydrogens (tertiary/aromatic N) is 4. The van der Waals surface area contributed by atoms with Gasteiger partial charge in [-0.15, -0.1) is 24.0 Å². The predicted molar refractivity (Wildman–Crippen MR) is 114 cm³/mol. The molecule has 0 atom stereocenters. The Labute approximate surface area is 169 Å². The molecule has 1 N–H and O–H groups in total. The van der Waals surface area contributed by atoms with E-state index in [9.17, 15) is 0 Å². The molecular formula is C18H34IN5O. The van der Waals surface area contributed by atoms with Gasteiger partial charge in [0, 0.05) is 52.6 Å². The normalized spacial score (nSPS) is 15.7. The Kier molecular flexibility index (Phi) is 11.1. The predicted octanol–water partition coefficient (Wildman–Crippen LogP) is 2.91. The molecule has 25 heavy (non-hydrogen) atoms. The molecule has 144 valence electrons. The zero-order chi connectivity index (χ0) is 17.2.